The molecule has 0 spiro atoms. The van der Waals surface area contributed by atoms with Crippen molar-refractivity contribution in [1.82, 2.24) is 4.98 Å². The first kappa shape index (κ1) is 20.4. The molecule has 0 saturated carbocycles. The quantitative estimate of drug-likeness (QED) is 0.587. The minimum Gasteiger partial charge on any atom is -0.493 e. The van der Waals surface area contributed by atoms with Crippen molar-refractivity contribution in [2.24, 2.45) is 11.7 Å². The van der Waals surface area contributed by atoms with Gasteiger partial charge in [0.15, 0.2) is 5.60 Å². The fraction of sp³-hybridized carbons (Fsp3) is 0.474. The molecule has 2 aromatic heterocycles. The van der Waals surface area contributed by atoms with Crippen LogP contribution in [0.3, 0.4) is 0 Å². The Morgan fingerprint density at radius 1 is 1.42 bits per heavy atom. The van der Waals surface area contributed by atoms with Crippen LogP contribution in [0.15, 0.2) is 35.2 Å². The maximum atomic E-state index is 11.6. The van der Waals surface area contributed by atoms with E-state index in [-0.39, 0.29) is 12.3 Å². The molecule has 0 aliphatic carbocycles. The minimum atomic E-state index is -2.06. The lowest BCUT2D eigenvalue weighted by molar-refractivity contribution is -0.161. The van der Waals surface area contributed by atoms with Crippen molar-refractivity contribution in [1.29, 1.82) is 0 Å². The number of hydrogen-bond acceptors (Lipinski definition) is 6. The molecule has 4 N–H and O–H groups in total. The van der Waals surface area contributed by atoms with Gasteiger partial charge in [0.25, 0.3) is 0 Å². The summed E-state index contributed by atoms with van der Waals surface area (Å²) in [5.74, 6) is -0.567. The largest absolute Gasteiger partial charge is 0.493 e. The number of aliphatic carboxylic acids is 1. The van der Waals surface area contributed by atoms with Crippen molar-refractivity contribution < 1.29 is 19.7 Å². The Morgan fingerprint density at radius 2 is 2.19 bits per heavy atom. The van der Waals surface area contributed by atoms with Crippen LogP contribution >= 0.6 is 11.3 Å². The van der Waals surface area contributed by atoms with E-state index < -0.39 is 17.6 Å². The summed E-state index contributed by atoms with van der Waals surface area (Å²) in [4.78, 5) is 15.8. The summed E-state index contributed by atoms with van der Waals surface area (Å²) in [6.45, 7) is 4.38. The molecule has 2 aromatic rings. The number of nitrogens with two attached hydrogens (primary N) is 1. The van der Waals surface area contributed by atoms with E-state index in [2.05, 4.69) is 16.4 Å². The summed E-state index contributed by atoms with van der Waals surface area (Å²) in [5.41, 5.74) is 5.57. The molecule has 7 heteroatoms. The van der Waals surface area contributed by atoms with E-state index in [1.807, 2.05) is 19.2 Å². The van der Waals surface area contributed by atoms with E-state index in [4.69, 9.17) is 10.5 Å². The van der Waals surface area contributed by atoms with Gasteiger partial charge in [-0.05, 0) is 40.8 Å². The second kappa shape index (κ2) is 9.12. The lowest BCUT2D eigenvalue weighted by atomic mass is 9.84. The monoisotopic (exact) mass is 378 g/mol. The second-order valence-corrected chi connectivity index (χ2v) is 7.64. The zero-order chi connectivity index (χ0) is 19.2. The molecule has 0 aromatic carbocycles. The molecule has 6 nitrogen and oxygen atoms in total. The molecule has 0 bridgehead atoms. The molecule has 26 heavy (non-hydrogen) atoms. The normalized spacial score (nSPS) is 14.8. The molecular formula is C19H26N2O4S. The number of aromatic nitrogens is 1. The molecule has 2 atom stereocenters. The molecule has 0 amide bonds. The van der Waals surface area contributed by atoms with Crippen LogP contribution in [-0.4, -0.2) is 39.4 Å². The Kier molecular flexibility index (Phi) is 7.14. The van der Waals surface area contributed by atoms with E-state index in [1.165, 1.54) is 5.56 Å². The molecule has 0 saturated heterocycles. The number of carboxylic acids is 1. The third-order valence-electron chi connectivity index (χ3n) is 4.19. The Balaban J connectivity index is 2.03. The summed E-state index contributed by atoms with van der Waals surface area (Å²) in [6.07, 6.45) is 2.57. The van der Waals surface area contributed by atoms with Gasteiger partial charge in [0.05, 0.1) is 6.61 Å². The van der Waals surface area contributed by atoms with E-state index in [9.17, 15) is 15.0 Å². The smallest absolute Gasteiger partial charge is 0.337 e. The summed E-state index contributed by atoms with van der Waals surface area (Å²) < 4.78 is 5.72. The third kappa shape index (κ3) is 5.52. The van der Waals surface area contributed by atoms with Gasteiger partial charge in [-0.3, -0.25) is 4.98 Å². The van der Waals surface area contributed by atoms with Gasteiger partial charge < -0.3 is 20.7 Å². The van der Waals surface area contributed by atoms with Crippen LogP contribution in [0.25, 0.3) is 0 Å². The Hall–Kier alpha value is -1.96. The predicted octanol–water partition coefficient (Wildman–Crippen LogP) is 2.50. The topological polar surface area (TPSA) is 106 Å². The standard InChI is InChI=1S/C19H26N2O4S/c1-13(2)9-17(20)19(24,18(22)23)11-15-10-16(3-6-21-15)25-7-4-14-5-8-26-12-14/h3,5-6,8,10,12-13,17,24H,4,7,9,11,20H2,1-2H3,(H,22,23)/t17-,19+/m0/s1. The van der Waals surface area contributed by atoms with Crippen molar-refractivity contribution in [3.63, 3.8) is 0 Å². The Bertz CT molecular complexity index is 705. The predicted molar refractivity (Wildman–Crippen MR) is 101 cm³/mol. The molecule has 0 aliphatic heterocycles. The lowest BCUT2D eigenvalue weighted by Gasteiger charge is -2.30. The van der Waals surface area contributed by atoms with Crippen LogP contribution < -0.4 is 10.5 Å². The van der Waals surface area contributed by atoms with Crippen LogP contribution in [-0.2, 0) is 17.6 Å². The lowest BCUT2D eigenvalue weighted by Crippen LogP contribution is -2.56. The molecule has 2 rings (SSSR count). The highest BCUT2D eigenvalue weighted by Gasteiger charge is 2.43. The molecule has 142 valence electrons. The maximum Gasteiger partial charge on any atom is 0.337 e. The maximum absolute atomic E-state index is 11.6. The van der Waals surface area contributed by atoms with Crippen LogP contribution in [0.2, 0.25) is 0 Å². The fourth-order valence-corrected chi connectivity index (χ4v) is 3.41. The number of carbonyl (C=O) groups is 1. The van der Waals surface area contributed by atoms with Gasteiger partial charge in [-0.2, -0.15) is 11.3 Å². The highest BCUT2D eigenvalue weighted by atomic mass is 32.1. The number of thiophene rings is 1. The van der Waals surface area contributed by atoms with E-state index in [0.29, 0.717) is 24.5 Å². The summed E-state index contributed by atoms with van der Waals surface area (Å²) in [5, 5.41) is 24.2. The van der Waals surface area contributed by atoms with Crippen molar-refractivity contribution >= 4 is 17.3 Å². The van der Waals surface area contributed by atoms with Crippen LogP contribution in [0, 0.1) is 5.92 Å². The van der Waals surface area contributed by atoms with Crippen LogP contribution in [0.5, 0.6) is 5.75 Å². The first-order valence-electron chi connectivity index (χ1n) is 8.61. The van der Waals surface area contributed by atoms with E-state index >= 15 is 0 Å². The van der Waals surface area contributed by atoms with Crippen LogP contribution in [0.1, 0.15) is 31.5 Å². The molecule has 0 unspecified atom stereocenters. The number of ether oxygens (including phenoxy) is 1. The first-order chi connectivity index (χ1) is 12.3. The van der Waals surface area contributed by atoms with Gasteiger partial charge in [0.2, 0.25) is 0 Å². The number of hydrogen-bond donors (Lipinski definition) is 3. The number of aliphatic hydroxyl groups is 1. The third-order valence-corrected chi connectivity index (χ3v) is 4.92. The second-order valence-electron chi connectivity index (χ2n) is 6.86. The van der Waals surface area contributed by atoms with Gasteiger partial charge in [0, 0.05) is 36.8 Å². The SMILES string of the molecule is CC(C)C[C@H](N)[C@](O)(Cc1cc(OCCc2ccsc2)ccn1)C(=O)O. The van der Waals surface area contributed by atoms with Crippen molar-refractivity contribution in [2.75, 3.05) is 6.61 Å². The van der Waals surface area contributed by atoms with Crippen molar-refractivity contribution in [3.8, 4) is 5.75 Å². The zero-order valence-corrected chi connectivity index (χ0v) is 15.9. The molecule has 2 heterocycles. The molecule has 0 aliphatic rings. The van der Waals surface area contributed by atoms with Crippen molar-refractivity contribution in [2.45, 2.75) is 44.8 Å². The number of nitrogens with zero attached hydrogens (tertiary/aromatic N) is 1. The van der Waals surface area contributed by atoms with Gasteiger partial charge >= 0.3 is 5.97 Å². The van der Waals surface area contributed by atoms with E-state index in [0.717, 1.165) is 6.42 Å². The van der Waals surface area contributed by atoms with Crippen LogP contribution in [0.4, 0.5) is 0 Å². The summed E-state index contributed by atoms with van der Waals surface area (Å²) in [6, 6.07) is 4.54. The summed E-state index contributed by atoms with van der Waals surface area (Å²) in [7, 11) is 0. The zero-order valence-electron chi connectivity index (χ0n) is 15.1. The number of rotatable bonds is 10. The van der Waals surface area contributed by atoms with E-state index in [1.54, 1.807) is 29.7 Å². The minimum absolute atomic E-state index is 0.169. The fourth-order valence-electron chi connectivity index (χ4n) is 2.71. The average molecular weight is 378 g/mol. The highest BCUT2D eigenvalue weighted by molar-refractivity contribution is 7.07. The Labute approximate surface area is 157 Å². The molecular weight excluding hydrogens is 352 g/mol. The Morgan fingerprint density at radius 3 is 2.81 bits per heavy atom. The van der Waals surface area contributed by atoms with Gasteiger partial charge in [-0.1, -0.05) is 13.8 Å². The number of pyridine rings is 1. The average Bonchev–Trinajstić information content (AvgIpc) is 3.07. The molecule has 0 radical (unpaired) electrons. The molecule has 0 fully saturated rings. The van der Waals surface area contributed by atoms with Gasteiger partial charge in [0.1, 0.15) is 5.75 Å². The van der Waals surface area contributed by atoms with Gasteiger partial charge in [-0.15, -0.1) is 0 Å². The summed E-state index contributed by atoms with van der Waals surface area (Å²) >= 11 is 1.64. The number of carboxylic acid groups (broad SMARTS) is 1. The first-order valence-corrected chi connectivity index (χ1v) is 9.55. The highest BCUT2D eigenvalue weighted by Crippen LogP contribution is 2.23. The van der Waals surface area contributed by atoms with Crippen molar-refractivity contribution in [3.05, 3.63) is 46.4 Å². The van der Waals surface area contributed by atoms with Gasteiger partial charge in [-0.25, -0.2) is 4.79 Å².